The number of ether oxygens (including phenoxy) is 1. The van der Waals surface area contributed by atoms with E-state index in [-0.39, 0.29) is 41.8 Å². The molecule has 0 bridgehead atoms. The topological polar surface area (TPSA) is 48.9 Å². The van der Waals surface area contributed by atoms with Crippen molar-refractivity contribution in [2.75, 3.05) is 39.4 Å². The summed E-state index contributed by atoms with van der Waals surface area (Å²) < 4.78 is 19.7. The Balaban J connectivity index is 0.00000256. The first kappa shape index (κ1) is 24.0. The van der Waals surface area contributed by atoms with E-state index in [4.69, 9.17) is 16.3 Å². The van der Waals surface area contributed by atoms with Crippen LogP contribution in [0.1, 0.15) is 44.1 Å². The number of halogens is 3. The van der Waals surface area contributed by atoms with Crippen molar-refractivity contribution in [3.8, 4) is 0 Å². The third-order valence-electron chi connectivity index (χ3n) is 6.27. The van der Waals surface area contributed by atoms with Crippen LogP contribution in [0.25, 0.3) is 0 Å². The molecule has 2 N–H and O–H groups in total. The van der Waals surface area contributed by atoms with Gasteiger partial charge >= 0.3 is 0 Å². The second-order valence-corrected chi connectivity index (χ2v) is 8.91. The summed E-state index contributed by atoms with van der Waals surface area (Å²) in [6.07, 6.45) is 4.31. The highest BCUT2D eigenvalue weighted by atomic mass is 127. The molecule has 1 aromatic rings. The predicted molar refractivity (Wildman–Crippen MR) is 131 cm³/mol. The summed E-state index contributed by atoms with van der Waals surface area (Å²) in [6.45, 7) is 7.99. The maximum Gasteiger partial charge on any atom is 0.191 e. The average molecular weight is 551 g/mol. The Morgan fingerprint density at radius 1 is 1.27 bits per heavy atom. The zero-order valence-corrected chi connectivity index (χ0v) is 20.7. The molecule has 1 saturated carbocycles. The van der Waals surface area contributed by atoms with Gasteiger partial charge in [-0.3, -0.25) is 4.99 Å². The minimum Gasteiger partial charge on any atom is -0.381 e. The highest BCUT2D eigenvalue weighted by molar-refractivity contribution is 14.0. The Morgan fingerprint density at radius 2 is 2.07 bits per heavy atom. The van der Waals surface area contributed by atoms with E-state index < -0.39 is 0 Å². The van der Waals surface area contributed by atoms with Crippen molar-refractivity contribution < 1.29 is 9.13 Å². The van der Waals surface area contributed by atoms with Crippen molar-refractivity contribution in [2.24, 2.45) is 10.9 Å². The Morgan fingerprint density at radius 3 is 2.73 bits per heavy atom. The van der Waals surface area contributed by atoms with E-state index in [1.54, 1.807) is 12.1 Å². The van der Waals surface area contributed by atoms with Crippen LogP contribution in [0.4, 0.5) is 4.39 Å². The molecule has 3 fully saturated rings. The number of rotatable bonds is 6. The van der Waals surface area contributed by atoms with Gasteiger partial charge in [-0.05, 0) is 50.7 Å². The lowest BCUT2D eigenvalue weighted by atomic mass is 10.0. The minimum absolute atomic E-state index is 0. The van der Waals surface area contributed by atoms with E-state index >= 15 is 0 Å². The van der Waals surface area contributed by atoms with Gasteiger partial charge in [-0.1, -0.05) is 17.7 Å². The number of hydrogen-bond acceptors (Lipinski definition) is 3. The highest BCUT2D eigenvalue weighted by Gasteiger charge is 2.42. The van der Waals surface area contributed by atoms with Crippen molar-refractivity contribution >= 4 is 41.5 Å². The van der Waals surface area contributed by atoms with Gasteiger partial charge in [0.2, 0.25) is 0 Å². The van der Waals surface area contributed by atoms with Gasteiger partial charge in [0.25, 0.3) is 0 Å². The lowest BCUT2D eigenvalue weighted by Gasteiger charge is -2.34. The van der Waals surface area contributed by atoms with Crippen LogP contribution < -0.4 is 10.6 Å². The van der Waals surface area contributed by atoms with Crippen molar-refractivity contribution in [1.82, 2.24) is 15.5 Å². The summed E-state index contributed by atoms with van der Waals surface area (Å²) in [6, 6.07) is 5.52. The average Bonchev–Trinajstić information content (AvgIpc) is 3.23. The van der Waals surface area contributed by atoms with Crippen molar-refractivity contribution in [3.63, 3.8) is 0 Å². The van der Waals surface area contributed by atoms with Gasteiger partial charge in [0.15, 0.2) is 5.96 Å². The summed E-state index contributed by atoms with van der Waals surface area (Å²) in [7, 11) is 0. The number of nitrogens with zero attached hydrogens (tertiary/aromatic N) is 2. The SMILES string of the molecule is CCN=C(NC1CCN(CC2CCOC2)CC1)NC1CC1c1c(F)cccc1Cl.I. The van der Waals surface area contributed by atoms with Crippen molar-refractivity contribution in [1.29, 1.82) is 0 Å². The molecule has 168 valence electrons. The lowest BCUT2D eigenvalue weighted by molar-refractivity contribution is 0.150. The first-order valence-corrected chi connectivity index (χ1v) is 11.3. The normalized spacial score (nSPS) is 27.6. The fourth-order valence-electron chi connectivity index (χ4n) is 4.55. The van der Waals surface area contributed by atoms with Crippen molar-refractivity contribution in [2.45, 2.75) is 50.6 Å². The van der Waals surface area contributed by atoms with Crippen molar-refractivity contribution in [3.05, 3.63) is 34.6 Å². The van der Waals surface area contributed by atoms with Gasteiger partial charge in [-0.2, -0.15) is 0 Å². The van der Waals surface area contributed by atoms with Crippen LogP contribution in [0.5, 0.6) is 0 Å². The van der Waals surface area contributed by atoms with Crippen LogP contribution in [0.3, 0.4) is 0 Å². The van der Waals surface area contributed by atoms with E-state index in [1.807, 2.05) is 6.92 Å². The Labute approximate surface area is 201 Å². The number of nitrogens with one attached hydrogen (secondary N) is 2. The molecule has 2 aliphatic heterocycles. The fraction of sp³-hybridized carbons (Fsp3) is 0.682. The molecule has 30 heavy (non-hydrogen) atoms. The van der Waals surface area contributed by atoms with E-state index in [0.29, 0.717) is 29.1 Å². The van der Waals surface area contributed by atoms with Gasteiger partial charge in [0, 0.05) is 61.4 Å². The molecule has 5 nitrogen and oxygen atoms in total. The van der Waals surface area contributed by atoms with Crippen LogP contribution in [0.2, 0.25) is 5.02 Å². The minimum atomic E-state index is -0.214. The molecule has 1 aromatic carbocycles. The third kappa shape index (κ3) is 6.20. The zero-order valence-electron chi connectivity index (χ0n) is 17.6. The lowest BCUT2D eigenvalue weighted by Crippen LogP contribution is -2.50. The predicted octanol–water partition coefficient (Wildman–Crippen LogP) is 4.01. The summed E-state index contributed by atoms with van der Waals surface area (Å²) >= 11 is 6.23. The molecule has 0 aromatic heterocycles. The van der Waals surface area contributed by atoms with E-state index in [9.17, 15) is 4.39 Å². The zero-order chi connectivity index (χ0) is 20.2. The molecule has 2 heterocycles. The maximum absolute atomic E-state index is 14.2. The van der Waals surface area contributed by atoms with Crippen LogP contribution >= 0.6 is 35.6 Å². The maximum atomic E-state index is 14.2. The molecule has 3 aliphatic rings. The third-order valence-corrected chi connectivity index (χ3v) is 6.60. The molecule has 2 saturated heterocycles. The second kappa shape index (κ2) is 11.3. The summed E-state index contributed by atoms with van der Waals surface area (Å²) in [4.78, 5) is 7.18. The number of aliphatic imine (C=N–C) groups is 1. The van der Waals surface area contributed by atoms with Gasteiger partial charge in [-0.25, -0.2) is 4.39 Å². The molecule has 0 radical (unpaired) electrons. The van der Waals surface area contributed by atoms with Gasteiger partial charge in [0.1, 0.15) is 5.82 Å². The molecule has 3 atom stereocenters. The van der Waals surface area contributed by atoms with Crippen LogP contribution in [0, 0.1) is 11.7 Å². The molecule has 1 aliphatic carbocycles. The first-order chi connectivity index (χ1) is 14.1. The Kier molecular flexibility index (Phi) is 9.04. The monoisotopic (exact) mass is 550 g/mol. The summed E-state index contributed by atoms with van der Waals surface area (Å²) in [5.74, 6) is 1.45. The highest BCUT2D eigenvalue weighted by Crippen LogP contribution is 2.44. The van der Waals surface area contributed by atoms with E-state index in [2.05, 4.69) is 20.5 Å². The van der Waals surface area contributed by atoms with E-state index in [1.165, 1.54) is 12.5 Å². The van der Waals surface area contributed by atoms with Gasteiger partial charge < -0.3 is 20.3 Å². The molecule has 3 unspecified atom stereocenters. The fourth-order valence-corrected chi connectivity index (χ4v) is 4.85. The molecular weight excluding hydrogens is 518 g/mol. The van der Waals surface area contributed by atoms with Gasteiger partial charge in [0.05, 0.1) is 6.61 Å². The first-order valence-electron chi connectivity index (χ1n) is 11.0. The van der Waals surface area contributed by atoms with E-state index in [0.717, 1.165) is 58.1 Å². The van der Waals surface area contributed by atoms with Gasteiger partial charge in [-0.15, -0.1) is 24.0 Å². The Bertz CT molecular complexity index is 703. The number of piperidine rings is 1. The summed E-state index contributed by atoms with van der Waals surface area (Å²) in [5.41, 5.74) is 0.631. The summed E-state index contributed by atoms with van der Waals surface area (Å²) in [5, 5.41) is 7.62. The second-order valence-electron chi connectivity index (χ2n) is 8.50. The smallest absolute Gasteiger partial charge is 0.191 e. The molecule has 0 amide bonds. The van der Waals surface area contributed by atoms with Crippen LogP contribution in [0.15, 0.2) is 23.2 Å². The standard InChI is InChI=1S/C22H32ClFN4O.HI/c1-2-25-22(27-20-12-17(20)21-18(23)4-3-5-19(21)24)26-16-6-9-28(10-7-16)13-15-8-11-29-14-15;/h3-5,15-17,20H,2,6-14H2,1H3,(H2,25,26,27);1H. The molecule has 0 spiro atoms. The quantitative estimate of drug-likeness (QED) is 0.319. The van der Waals surface area contributed by atoms with Crippen LogP contribution in [-0.2, 0) is 4.74 Å². The number of benzene rings is 1. The molecule has 8 heteroatoms. The number of hydrogen-bond donors (Lipinski definition) is 2. The molecule has 4 rings (SSSR count). The number of guanidine groups is 1. The Hall–Kier alpha value is -0.640. The number of likely N-dealkylation sites (tertiary alicyclic amines) is 1. The largest absolute Gasteiger partial charge is 0.381 e. The van der Waals surface area contributed by atoms with Crippen LogP contribution in [-0.4, -0.2) is 62.3 Å². The molecular formula is C22H33ClFIN4O.